The monoisotopic (exact) mass is 246 g/mol. The Balaban J connectivity index is 2.37. The molecule has 1 aromatic heterocycles. The molecule has 2 rings (SSSR count). The summed E-state index contributed by atoms with van der Waals surface area (Å²) in [7, 11) is 0. The van der Waals surface area contributed by atoms with Crippen molar-refractivity contribution < 1.29 is 9.26 Å². The second-order valence-electron chi connectivity index (χ2n) is 4.66. The number of anilines is 1. The zero-order chi connectivity index (χ0) is 13.3. The Morgan fingerprint density at radius 3 is 2.50 bits per heavy atom. The van der Waals surface area contributed by atoms with Crippen LogP contribution in [0.1, 0.15) is 25.1 Å². The highest BCUT2D eigenvalue weighted by Gasteiger charge is 2.13. The predicted octanol–water partition coefficient (Wildman–Crippen LogP) is 3.33. The minimum Gasteiger partial charge on any atom is -0.491 e. The molecule has 0 spiro atoms. The van der Waals surface area contributed by atoms with Crippen LogP contribution in [-0.4, -0.2) is 11.3 Å². The average Bonchev–Trinajstić information content (AvgIpc) is 2.62. The Bertz CT molecular complexity index is 559. The molecular weight excluding hydrogens is 228 g/mol. The molecule has 4 heteroatoms. The topological polar surface area (TPSA) is 61.3 Å². The molecule has 0 saturated heterocycles. The summed E-state index contributed by atoms with van der Waals surface area (Å²) in [4.78, 5) is 0. The molecule has 0 amide bonds. The fourth-order valence-electron chi connectivity index (χ4n) is 1.76. The number of nitrogens with zero attached hydrogens (tertiary/aromatic N) is 1. The van der Waals surface area contributed by atoms with Crippen molar-refractivity contribution in [3.05, 3.63) is 29.5 Å². The van der Waals surface area contributed by atoms with E-state index in [0.29, 0.717) is 17.1 Å². The Morgan fingerprint density at radius 1 is 1.28 bits per heavy atom. The van der Waals surface area contributed by atoms with Gasteiger partial charge in [-0.05, 0) is 51.5 Å². The van der Waals surface area contributed by atoms with Crippen LogP contribution in [-0.2, 0) is 0 Å². The van der Waals surface area contributed by atoms with Crippen LogP contribution in [0.2, 0.25) is 0 Å². The number of rotatable bonds is 3. The van der Waals surface area contributed by atoms with Gasteiger partial charge in [-0.2, -0.15) is 0 Å². The van der Waals surface area contributed by atoms with Gasteiger partial charge in [-0.1, -0.05) is 5.16 Å². The molecule has 0 aliphatic heterocycles. The van der Waals surface area contributed by atoms with Crippen LogP contribution < -0.4 is 10.5 Å². The van der Waals surface area contributed by atoms with Crippen molar-refractivity contribution in [2.45, 2.75) is 33.8 Å². The van der Waals surface area contributed by atoms with Gasteiger partial charge in [0.05, 0.1) is 6.10 Å². The van der Waals surface area contributed by atoms with Gasteiger partial charge in [0.2, 0.25) is 0 Å². The first-order chi connectivity index (χ1) is 8.49. The molecule has 0 bridgehead atoms. The summed E-state index contributed by atoms with van der Waals surface area (Å²) in [5, 5.41) is 3.86. The first-order valence-corrected chi connectivity index (χ1v) is 5.98. The van der Waals surface area contributed by atoms with Gasteiger partial charge in [-0.3, -0.25) is 0 Å². The zero-order valence-electron chi connectivity index (χ0n) is 11.2. The summed E-state index contributed by atoms with van der Waals surface area (Å²) < 4.78 is 10.9. The fraction of sp³-hybridized carbons (Fsp3) is 0.357. The Hall–Kier alpha value is -1.97. The van der Waals surface area contributed by atoms with Crippen LogP contribution in [0.3, 0.4) is 0 Å². The van der Waals surface area contributed by atoms with Crippen LogP contribution in [0.4, 0.5) is 5.69 Å². The van der Waals surface area contributed by atoms with E-state index in [0.717, 1.165) is 16.9 Å². The highest BCUT2D eigenvalue weighted by Crippen LogP contribution is 2.31. The second kappa shape index (κ2) is 4.72. The van der Waals surface area contributed by atoms with Gasteiger partial charge >= 0.3 is 0 Å². The molecule has 0 aliphatic rings. The molecule has 0 unspecified atom stereocenters. The molecule has 2 aromatic rings. The molecule has 0 saturated carbocycles. The van der Waals surface area contributed by atoms with Crippen molar-refractivity contribution in [2.75, 3.05) is 5.73 Å². The summed E-state index contributed by atoms with van der Waals surface area (Å²) >= 11 is 0. The maximum absolute atomic E-state index is 5.92. The van der Waals surface area contributed by atoms with Gasteiger partial charge in [0.25, 0.3) is 0 Å². The Kier molecular flexibility index (Phi) is 3.28. The second-order valence-corrected chi connectivity index (χ2v) is 4.66. The first-order valence-electron chi connectivity index (χ1n) is 5.98. The van der Waals surface area contributed by atoms with Gasteiger partial charge in [-0.25, -0.2) is 0 Å². The van der Waals surface area contributed by atoms with Gasteiger partial charge in [-0.15, -0.1) is 0 Å². The standard InChI is InChI=1S/C14H18N2O2/c1-8(2)17-12-6-5-11(7-9(12)3)14-13(15)10(4)16-18-14/h5-8H,15H2,1-4H3. The SMILES string of the molecule is Cc1cc(-c2onc(C)c2N)ccc1OC(C)C. The van der Waals surface area contributed by atoms with Crippen LogP contribution in [0.25, 0.3) is 11.3 Å². The maximum Gasteiger partial charge on any atom is 0.190 e. The van der Waals surface area contributed by atoms with Crippen LogP contribution >= 0.6 is 0 Å². The largest absolute Gasteiger partial charge is 0.491 e. The van der Waals surface area contributed by atoms with Crippen molar-refractivity contribution in [2.24, 2.45) is 0 Å². The fourth-order valence-corrected chi connectivity index (χ4v) is 1.76. The molecule has 1 heterocycles. The minimum absolute atomic E-state index is 0.159. The Labute approximate surface area is 107 Å². The quantitative estimate of drug-likeness (QED) is 0.902. The van der Waals surface area contributed by atoms with Crippen molar-refractivity contribution in [3.8, 4) is 17.1 Å². The van der Waals surface area contributed by atoms with E-state index in [9.17, 15) is 0 Å². The van der Waals surface area contributed by atoms with E-state index < -0.39 is 0 Å². The lowest BCUT2D eigenvalue weighted by molar-refractivity contribution is 0.241. The maximum atomic E-state index is 5.92. The first kappa shape index (κ1) is 12.5. The highest BCUT2D eigenvalue weighted by molar-refractivity contribution is 5.73. The number of hydrogen-bond donors (Lipinski definition) is 1. The number of benzene rings is 1. The van der Waals surface area contributed by atoms with Gasteiger partial charge in [0.15, 0.2) is 5.76 Å². The molecular formula is C14H18N2O2. The minimum atomic E-state index is 0.159. The van der Waals surface area contributed by atoms with E-state index in [1.165, 1.54) is 0 Å². The molecule has 1 aromatic carbocycles. The van der Waals surface area contributed by atoms with E-state index in [4.69, 9.17) is 15.0 Å². The molecule has 0 atom stereocenters. The number of hydrogen-bond acceptors (Lipinski definition) is 4. The lowest BCUT2D eigenvalue weighted by atomic mass is 10.1. The average molecular weight is 246 g/mol. The zero-order valence-corrected chi connectivity index (χ0v) is 11.2. The normalized spacial score (nSPS) is 10.9. The number of aromatic nitrogens is 1. The lowest BCUT2D eigenvalue weighted by Crippen LogP contribution is -2.06. The summed E-state index contributed by atoms with van der Waals surface area (Å²) in [6.45, 7) is 7.84. The molecule has 0 fully saturated rings. The van der Waals surface area contributed by atoms with Gasteiger partial charge < -0.3 is 15.0 Å². The van der Waals surface area contributed by atoms with Crippen molar-refractivity contribution >= 4 is 5.69 Å². The van der Waals surface area contributed by atoms with Gasteiger partial charge in [0.1, 0.15) is 17.1 Å². The van der Waals surface area contributed by atoms with E-state index in [1.54, 1.807) is 0 Å². The van der Waals surface area contributed by atoms with Crippen LogP contribution in [0.5, 0.6) is 5.75 Å². The number of ether oxygens (including phenoxy) is 1. The Morgan fingerprint density at radius 2 is 2.00 bits per heavy atom. The third-order valence-electron chi connectivity index (χ3n) is 2.71. The lowest BCUT2D eigenvalue weighted by Gasteiger charge is -2.12. The number of aryl methyl sites for hydroxylation is 2. The molecule has 0 radical (unpaired) electrons. The van der Waals surface area contributed by atoms with Crippen LogP contribution in [0, 0.1) is 13.8 Å². The van der Waals surface area contributed by atoms with Crippen molar-refractivity contribution in [1.82, 2.24) is 5.16 Å². The van der Waals surface area contributed by atoms with Crippen molar-refractivity contribution in [3.63, 3.8) is 0 Å². The molecule has 0 aliphatic carbocycles. The smallest absolute Gasteiger partial charge is 0.190 e. The third-order valence-corrected chi connectivity index (χ3v) is 2.71. The third kappa shape index (κ3) is 2.32. The molecule has 96 valence electrons. The van der Waals surface area contributed by atoms with Crippen molar-refractivity contribution in [1.29, 1.82) is 0 Å². The molecule has 4 nitrogen and oxygen atoms in total. The summed E-state index contributed by atoms with van der Waals surface area (Å²) in [5.41, 5.74) is 9.19. The highest BCUT2D eigenvalue weighted by atomic mass is 16.5. The number of nitrogen functional groups attached to an aromatic ring is 1. The molecule has 2 N–H and O–H groups in total. The predicted molar refractivity (Wildman–Crippen MR) is 71.6 cm³/mol. The summed E-state index contributed by atoms with van der Waals surface area (Å²) in [5.74, 6) is 1.50. The van der Waals surface area contributed by atoms with E-state index in [-0.39, 0.29) is 6.10 Å². The summed E-state index contributed by atoms with van der Waals surface area (Å²) in [6.07, 6.45) is 0.159. The van der Waals surface area contributed by atoms with Gasteiger partial charge in [0, 0.05) is 5.56 Å². The van der Waals surface area contributed by atoms with Crippen LogP contribution in [0.15, 0.2) is 22.7 Å². The summed E-state index contributed by atoms with van der Waals surface area (Å²) in [6, 6.07) is 5.86. The van der Waals surface area contributed by atoms with E-state index in [2.05, 4.69) is 5.16 Å². The molecule has 18 heavy (non-hydrogen) atoms. The number of nitrogens with two attached hydrogens (primary N) is 1. The van der Waals surface area contributed by atoms with E-state index >= 15 is 0 Å². The van der Waals surface area contributed by atoms with E-state index in [1.807, 2.05) is 45.9 Å².